The molecule has 0 spiro atoms. The van der Waals surface area contributed by atoms with Crippen LogP contribution in [-0.2, 0) is 17.8 Å². The molecule has 1 saturated heterocycles. The number of rotatable bonds is 12. The molecular formula is C24H38N6O. The van der Waals surface area contributed by atoms with Crippen LogP contribution < -0.4 is 10.2 Å². The lowest BCUT2D eigenvalue weighted by Gasteiger charge is -2.36. The van der Waals surface area contributed by atoms with E-state index in [1.54, 1.807) is 6.20 Å². The first-order valence-electron chi connectivity index (χ1n) is 12.0. The van der Waals surface area contributed by atoms with E-state index < -0.39 is 0 Å². The van der Waals surface area contributed by atoms with Gasteiger partial charge in [0.05, 0.1) is 6.33 Å². The number of hydrogen-bond acceptors (Lipinski definition) is 5. The highest BCUT2D eigenvalue weighted by molar-refractivity contribution is 5.77. The van der Waals surface area contributed by atoms with Gasteiger partial charge in [-0.1, -0.05) is 32.6 Å². The van der Waals surface area contributed by atoms with Crippen LogP contribution in [0.5, 0.6) is 0 Å². The minimum Gasteiger partial charge on any atom is -0.356 e. The number of unbranched alkanes of at least 4 members (excludes halogenated alkanes) is 4. The average molecular weight is 427 g/mol. The van der Waals surface area contributed by atoms with Crippen LogP contribution in [0.1, 0.15) is 76.2 Å². The zero-order valence-electron chi connectivity index (χ0n) is 19.2. The van der Waals surface area contributed by atoms with Crippen LogP contribution >= 0.6 is 0 Å². The first-order chi connectivity index (χ1) is 15.2. The van der Waals surface area contributed by atoms with E-state index in [9.17, 15) is 4.79 Å². The number of aryl methyl sites for hydroxylation is 3. The largest absolute Gasteiger partial charge is 0.356 e. The second-order valence-corrected chi connectivity index (χ2v) is 8.65. The molecule has 0 bridgehead atoms. The number of carbonyl (C=O) groups is 1. The molecule has 1 atom stereocenters. The van der Waals surface area contributed by atoms with Gasteiger partial charge >= 0.3 is 0 Å². The molecule has 0 aromatic carbocycles. The summed E-state index contributed by atoms with van der Waals surface area (Å²) in [6.07, 6.45) is 16.3. The summed E-state index contributed by atoms with van der Waals surface area (Å²) in [6, 6.07) is 2.27. The van der Waals surface area contributed by atoms with E-state index in [0.717, 1.165) is 62.7 Å². The third-order valence-electron chi connectivity index (χ3n) is 5.98. The molecule has 3 rings (SSSR count). The zero-order valence-corrected chi connectivity index (χ0v) is 19.2. The van der Waals surface area contributed by atoms with Crippen LogP contribution in [0.25, 0.3) is 0 Å². The number of amides is 1. The maximum absolute atomic E-state index is 12.6. The Bertz CT molecular complexity index is 791. The first-order valence-corrected chi connectivity index (χ1v) is 12.0. The molecule has 1 N–H and O–H groups in total. The minimum atomic E-state index is 0.165. The third-order valence-corrected chi connectivity index (χ3v) is 5.98. The molecule has 31 heavy (non-hydrogen) atoms. The molecular weight excluding hydrogens is 388 g/mol. The van der Waals surface area contributed by atoms with Crippen molar-refractivity contribution >= 4 is 11.7 Å². The summed E-state index contributed by atoms with van der Waals surface area (Å²) in [6.45, 7) is 6.80. The highest BCUT2D eigenvalue weighted by Crippen LogP contribution is 2.26. The topological polar surface area (TPSA) is 75.9 Å². The number of anilines is 1. The van der Waals surface area contributed by atoms with Crippen molar-refractivity contribution in [3.05, 3.63) is 36.3 Å². The van der Waals surface area contributed by atoms with Crippen LogP contribution in [0.3, 0.4) is 0 Å². The van der Waals surface area contributed by atoms with E-state index in [2.05, 4.69) is 33.2 Å². The summed E-state index contributed by atoms with van der Waals surface area (Å²) in [4.78, 5) is 28.5. The van der Waals surface area contributed by atoms with Gasteiger partial charge in [0.25, 0.3) is 0 Å². The number of hydrogen-bond donors (Lipinski definition) is 1. The van der Waals surface area contributed by atoms with Gasteiger partial charge in [-0.25, -0.2) is 15.0 Å². The van der Waals surface area contributed by atoms with E-state index in [4.69, 9.17) is 4.98 Å². The van der Waals surface area contributed by atoms with Gasteiger partial charge in [0.1, 0.15) is 11.6 Å². The fraction of sp³-hybridized carbons (Fsp3) is 0.667. The Balaban J connectivity index is 1.56. The van der Waals surface area contributed by atoms with Crippen molar-refractivity contribution < 1.29 is 4.79 Å². The Morgan fingerprint density at radius 2 is 2.06 bits per heavy atom. The molecule has 7 heteroatoms. The van der Waals surface area contributed by atoms with E-state index in [1.165, 1.54) is 32.1 Å². The van der Waals surface area contributed by atoms with E-state index in [0.29, 0.717) is 6.42 Å². The highest BCUT2D eigenvalue weighted by atomic mass is 16.1. The Labute approximate surface area is 186 Å². The number of nitrogens with one attached hydrogen (secondary N) is 1. The lowest BCUT2D eigenvalue weighted by molar-refractivity contribution is -0.121. The molecule has 7 nitrogen and oxygen atoms in total. The van der Waals surface area contributed by atoms with Gasteiger partial charge in [-0.2, -0.15) is 0 Å². The minimum absolute atomic E-state index is 0.165. The Hall–Kier alpha value is -2.44. The molecule has 1 fully saturated rings. The first kappa shape index (κ1) is 23.2. The smallest absolute Gasteiger partial charge is 0.222 e. The summed E-state index contributed by atoms with van der Waals surface area (Å²) >= 11 is 0. The van der Waals surface area contributed by atoms with E-state index >= 15 is 0 Å². The summed E-state index contributed by atoms with van der Waals surface area (Å²) < 4.78 is 2.04. The monoisotopic (exact) mass is 426 g/mol. The van der Waals surface area contributed by atoms with Crippen molar-refractivity contribution in [2.45, 2.75) is 90.6 Å². The Morgan fingerprint density at radius 1 is 1.19 bits per heavy atom. The molecule has 0 aliphatic carbocycles. The van der Waals surface area contributed by atoms with Gasteiger partial charge in [-0.15, -0.1) is 0 Å². The molecule has 1 unspecified atom stereocenters. The number of aromatic nitrogens is 4. The number of imidazole rings is 1. The highest BCUT2D eigenvalue weighted by Gasteiger charge is 2.26. The van der Waals surface area contributed by atoms with Crippen LogP contribution in [0, 0.1) is 6.92 Å². The normalized spacial score (nSPS) is 16.5. The molecule has 2 aromatic rings. The number of piperidine rings is 1. The third kappa shape index (κ3) is 7.64. The molecule has 0 radical (unpaired) electrons. The van der Waals surface area contributed by atoms with Crippen LogP contribution in [-0.4, -0.2) is 44.6 Å². The summed E-state index contributed by atoms with van der Waals surface area (Å²) in [5, 5.41) is 3.13. The zero-order chi connectivity index (χ0) is 21.9. The van der Waals surface area contributed by atoms with Crippen molar-refractivity contribution in [1.29, 1.82) is 0 Å². The average Bonchev–Trinajstić information content (AvgIpc) is 3.28. The molecule has 1 amide bonds. The predicted octanol–water partition coefficient (Wildman–Crippen LogP) is 4.06. The van der Waals surface area contributed by atoms with Crippen molar-refractivity contribution in [2.75, 3.05) is 18.0 Å². The van der Waals surface area contributed by atoms with Gasteiger partial charge < -0.3 is 14.8 Å². The van der Waals surface area contributed by atoms with E-state index in [1.807, 2.05) is 24.0 Å². The second-order valence-electron chi connectivity index (χ2n) is 8.65. The summed E-state index contributed by atoms with van der Waals surface area (Å²) in [5.41, 5.74) is 0.978. The molecule has 2 aromatic heterocycles. The Morgan fingerprint density at radius 3 is 2.87 bits per heavy atom. The van der Waals surface area contributed by atoms with Gasteiger partial charge in [0.2, 0.25) is 5.91 Å². The second kappa shape index (κ2) is 12.4. The molecule has 170 valence electrons. The van der Waals surface area contributed by atoms with E-state index in [-0.39, 0.29) is 11.9 Å². The predicted molar refractivity (Wildman–Crippen MR) is 124 cm³/mol. The molecule has 0 saturated carbocycles. The van der Waals surface area contributed by atoms with Gasteiger partial charge in [0, 0.05) is 62.7 Å². The maximum atomic E-state index is 12.6. The van der Waals surface area contributed by atoms with Crippen LogP contribution in [0.2, 0.25) is 0 Å². The fourth-order valence-electron chi connectivity index (χ4n) is 4.28. The summed E-state index contributed by atoms with van der Waals surface area (Å²) in [7, 11) is 0. The van der Waals surface area contributed by atoms with Crippen molar-refractivity contribution in [1.82, 2.24) is 24.8 Å². The maximum Gasteiger partial charge on any atom is 0.222 e. The number of nitrogens with zero attached hydrogens (tertiary/aromatic N) is 5. The number of carbonyl (C=O) groups excluding carboxylic acids is 1. The quantitative estimate of drug-likeness (QED) is 0.518. The van der Waals surface area contributed by atoms with Gasteiger partial charge in [0.15, 0.2) is 0 Å². The Kier molecular flexibility index (Phi) is 9.31. The van der Waals surface area contributed by atoms with Crippen LogP contribution in [0.4, 0.5) is 5.82 Å². The van der Waals surface area contributed by atoms with Crippen molar-refractivity contribution in [2.24, 2.45) is 0 Å². The molecule has 3 heterocycles. The lowest BCUT2D eigenvalue weighted by atomic mass is 9.99. The van der Waals surface area contributed by atoms with Crippen LogP contribution in [0.15, 0.2) is 24.8 Å². The fourth-order valence-corrected chi connectivity index (χ4v) is 4.28. The van der Waals surface area contributed by atoms with Gasteiger partial charge in [-0.05, 0) is 32.6 Å². The standard InChI is InChI=1S/C24H38N6O/c1-3-4-5-6-8-12-26-24(31)18-21-10-7-9-14-30(21)23-17-20(2)27-22(28-23)11-15-29-16-13-25-19-29/h13,16-17,19,21H,3-12,14-15,18H2,1-2H3,(H,26,31). The van der Waals surface area contributed by atoms with Gasteiger partial charge in [-0.3, -0.25) is 4.79 Å². The van der Waals surface area contributed by atoms with Crippen molar-refractivity contribution in [3.8, 4) is 0 Å². The SMILES string of the molecule is CCCCCCCNC(=O)CC1CCCCN1c1cc(C)nc(CCn2ccnc2)n1. The molecule has 1 aliphatic rings. The lowest BCUT2D eigenvalue weighted by Crippen LogP contribution is -2.43. The summed E-state index contributed by atoms with van der Waals surface area (Å²) in [5.74, 6) is 1.98. The molecule has 1 aliphatic heterocycles. The van der Waals surface area contributed by atoms with Crippen molar-refractivity contribution in [3.63, 3.8) is 0 Å².